The summed E-state index contributed by atoms with van der Waals surface area (Å²) in [5, 5.41) is 2.88. The molecular formula is C13H19NO3S2. The molecule has 1 unspecified atom stereocenters. The van der Waals surface area contributed by atoms with Gasteiger partial charge in [-0.05, 0) is 12.5 Å². The van der Waals surface area contributed by atoms with Crippen LogP contribution in [0.5, 0.6) is 0 Å². The molecule has 19 heavy (non-hydrogen) atoms. The molecule has 1 amide bonds. The molecule has 106 valence electrons. The summed E-state index contributed by atoms with van der Waals surface area (Å²) in [7, 11) is -2.94. The first-order valence-corrected chi connectivity index (χ1v) is 9.20. The van der Waals surface area contributed by atoms with Gasteiger partial charge in [0.25, 0.3) is 0 Å². The summed E-state index contributed by atoms with van der Waals surface area (Å²) < 4.78 is 21.8. The second kappa shape index (κ2) is 7.55. The van der Waals surface area contributed by atoms with Crippen LogP contribution in [0, 0.1) is 0 Å². The van der Waals surface area contributed by atoms with Gasteiger partial charge in [-0.15, -0.1) is 0 Å². The first-order chi connectivity index (χ1) is 8.88. The van der Waals surface area contributed by atoms with Gasteiger partial charge in [-0.25, -0.2) is 8.42 Å². The molecule has 0 aliphatic rings. The van der Waals surface area contributed by atoms with Crippen molar-refractivity contribution >= 4 is 27.5 Å². The Morgan fingerprint density at radius 3 is 2.53 bits per heavy atom. The van der Waals surface area contributed by atoms with Crippen LogP contribution < -0.4 is 5.32 Å². The lowest BCUT2D eigenvalue weighted by molar-refractivity contribution is -0.119. The predicted octanol–water partition coefficient (Wildman–Crippen LogP) is 1.64. The average Bonchev–Trinajstić information content (AvgIpc) is 2.34. The minimum absolute atomic E-state index is 0.0378. The number of hydrogen-bond donors (Lipinski definition) is 1. The van der Waals surface area contributed by atoms with E-state index in [0.717, 1.165) is 5.56 Å². The van der Waals surface area contributed by atoms with Gasteiger partial charge in [0, 0.05) is 12.0 Å². The Morgan fingerprint density at radius 1 is 1.32 bits per heavy atom. The summed E-state index contributed by atoms with van der Waals surface area (Å²) in [6, 6.07) is 9.67. The van der Waals surface area contributed by atoms with Crippen LogP contribution in [0.1, 0.15) is 18.5 Å². The van der Waals surface area contributed by atoms with Crippen molar-refractivity contribution in [1.82, 2.24) is 5.32 Å². The highest BCUT2D eigenvalue weighted by Crippen LogP contribution is 2.11. The van der Waals surface area contributed by atoms with Crippen LogP contribution in [0.25, 0.3) is 0 Å². The van der Waals surface area contributed by atoms with Gasteiger partial charge in [-0.1, -0.05) is 30.3 Å². The van der Waals surface area contributed by atoms with Crippen molar-refractivity contribution in [3.05, 3.63) is 35.9 Å². The molecule has 0 spiro atoms. The molecule has 0 heterocycles. The number of rotatable bonds is 7. The Bertz CT molecular complexity index is 500. The van der Waals surface area contributed by atoms with Gasteiger partial charge < -0.3 is 5.32 Å². The molecule has 4 nitrogen and oxygen atoms in total. The van der Waals surface area contributed by atoms with E-state index < -0.39 is 9.84 Å². The third kappa shape index (κ3) is 7.22. The highest BCUT2D eigenvalue weighted by Gasteiger charge is 2.09. The largest absolute Gasteiger partial charge is 0.349 e. The van der Waals surface area contributed by atoms with Crippen molar-refractivity contribution < 1.29 is 13.2 Å². The van der Waals surface area contributed by atoms with Crippen molar-refractivity contribution in [1.29, 1.82) is 0 Å². The fourth-order valence-electron chi connectivity index (χ4n) is 1.48. The zero-order valence-electron chi connectivity index (χ0n) is 11.1. The van der Waals surface area contributed by atoms with Gasteiger partial charge in [0.2, 0.25) is 5.91 Å². The van der Waals surface area contributed by atoms with Crippen molar-refractivity contribution in [2.45, 2.75) is 13.0 Å². The van der Waals surface area contributed by atoms with E-state index in [4.69, 9.17) is 0 Å². The fraction of sp³-hybridized carbons (Fsp3) is 0.462. The van der Waals surface area contributed by atoms with Crippen LogP contribution in [-0.2, 0) is 14.6 Å². The topological polar surface area (TPSA) is 63.2 Å². The van der Waals surface area contributed by atoms with E-state index in [0.29, 0.717) is 5.75 Å². The summed E-state index contributed by atoms with van der Waals surface area (Å²) >= 11 is 1.33. The third-order valence-corrected chi connectivity index (χ3v) is 4.67. The smallest absolute Gasteiger partial charge is 0.230 e. The lowest BCUT2D eigenvalue weighted by Crippen LogP contribution is -2.28. The van der Waals surface area contributed by atoms with Gasteiger partial charge in [0.1, 0.15) is 9.84 Å². The van der Waals surface area contributed by atoms with E-state index in [2.05, 4.69) is 5.32 Å². The summed E-state index contributed by atoms with van der Waals surface area (Å²) in [5.74, 6) is 0.771. The Balaban J connectivity index is 2.28. The molecule has 0 saturated carbocycles. The van der Waals surface area contributed by atoms with Crippen LogP contribution in [0.4, 0.5) is 0 Å². The number of carbonyl (C=O) groups excluding carboxylic acids is 1. The number of benzene rings is 1. The van der Waals surface area contributed by atoms with Crippen molar-refractivity contribution in [3.8, 4) is 0 Å². The number of amides is 1. The zero-order valence-corrected chi connectivity index (χ0v) is 12.8. The zero-order chi connectivity index (χ0) is 14.3. The molecule has 1 aromatic rings. The molecule has 1 atom stereocenters. The van der Waals surface area contributed by atoms with Gasteiger partial charge in [0.15, 0.2) is 0 Å². The predicted molar refractivity (Wildman–Crippen MR) is 80.0 cm³/mol. The van der Waals surface area contributed by atoms with Crippen LogP contribution >= 0.6 is 11.8 Å². The number of carbonyl (C=O) groups is 1. The van der Waals surface area contributed by atoms with Crippen LogP contribution in [-0.4, -0.2) is 37.8 Å². The molecule has 6 heteroatoms. The van der Waals surface area contributed by atoms with Crippen LogP contribution in [0.2, 0.25) is 0 Å². The molecule has 0 saturated heterocycles. The maximum absolute atomic E-state index is 11.7. The minimum Gasteiger partial charge on any atom is -0.349 e. The number of nitrogens with one attached hydrogen (secondary N) is 1. The van der Waals surface area contributed by atoms with E-state index in [1.807, 2.05) is 37.3 Å². The third-order valence-electron chi connectivity index (χ3n) is 2.51. The summed E-state index contributed by atoms with van der Waals surface area (Å²) in [6.07, 6.45) is 1.20. The van der Waals surface area contributed by atoms with Gasteiger partial charge in [-0.3, -0.25) is 4.79 Å². The lowest BCUT2D eigenvalue weighted by Gasteiger charge is -2.14. The van der Waals surface area contributed by atoms with Gasteiger partial charge in [-0.2, -0.15) is 11.8 Å². The molecule has 1 aromatic carbocycles. The molecular weight excluding hydrogens is 282 g/mol. The summed E-state index contributed by atoms with van der Waals surface area (Å²) in [6.45, 7) is 1.93. The second-order valence-corrected chi connectivity index (χ2v) is 7.75. The molecule has 1 N–H and O–H groups in total. The number of thioether (sulfide) groups is 1. The lowest BCUT2D eigenvalue weighted by atomic mass is 10.1. The van der Waals surface area contributed by atoms with E-state index in [1.54, 1.807) is 0 Å². The summed E-state index contributed by atoms with van der Waals surface area (Å²) in [5.41, 5.74) is 1.05. The first-order valence-electron chi connectivity index (χ1n) is 5.98. The van der Waals surface area contributed by atoms with E-state index in [9.17, 15) is 13.2 Å². The Kier molecular flexibility index (Phi) is 6.37. The Hall–Kier alpha value is -1.01. The van der Waals surface area contributed by atoms with E-state index in [-0.39, 0.29) is 23.5 Å². The Morgan fingerprint density at radius 2 is 1.95 bits per heavy atom. The van der Waals surface area contributed by atoms with Crippen LogP contribution in [0.3, 0.4) is 0 Å². The number of sulfone groups is 1. The number of hydrogen-bond acceptors (Lipinski definition) is 4. The monoisotopic (exact) mass is 301 g/mol. The van der Waals surface area contributed by atoms with Crippen molar-refractivity contribution in [3.63, 3.8) is 0 Å². The van der Waals surface area contributed by atoms with Crippen LogP contribution in [0.15, 0.2) is 30.3 Å². The highest BCUT2D eigenvalue weighted by molar-refractivity contribution is 8.01. The van der Waals surface area contributed by atoms with Crippen molar-refractivity contribution in [2.24, 2.45) is 0 Å². The van der Waals surface area contributed by atoms with Crippen molar-refractivity contribution in [2.75, 3.05) is 23.5 Å². The molecule has 0 aliphatic heterocycles. The maximum Gasteiger partial charge on any atom is 0.230 e. The molecule has 0 radical (unpaired) electrons. The molecule has 0 bridgehead atoms. The normalized spacial score (nSPS) is 12.9. The average molecular weight is 301 g/mol. The van der Waals surface area contributed by atoms with Gasteiger partial charge >= 0.3 is 0 Å². The molecule has 0 fully saturated rings. The highest BCUT2D eigenvalue weighted by atomic mass is 32.2. The fourth-order valence-corrected chi connectivity index (χ4v) is 3.58. The Labute approximate surface area is 118 Å². The second-order valence-electron chi connectivity index (χ2n) is 4.38. The van der Waals surface area contributed by atoms with Gasteiger partial charge in [0.05, 0.1) is 17.5 Å². The quantitative estimate of drug-likeness (QED) is 0.778. The first kappa shape index (κ1) is 16.0. The molecule has 1 rings (SSSR count). The summed E-state index contributed by atoms with van der Waals surface area (Å²) in [4.78, 5) is 11.7. The SMILES string of the molecule is CC(NC(=O)CSCCS(C)(=O)=O)c1ccccc1. The molecule has 0 aromatic heterocycles. The minimum atomic E-state index is -2.94. The standard InChI is InChI=1S/C13H19NO3S2/c1-11(12-6-4-3-5-7-12)14-13(15)10-18-8-9-19(2,16)17/h3-7,11H,8-10H2,1-2H3,(H,14,15). The van der Waals surface area contributed by atoms with E-state index in [1.165, 1.54) is 18.0 Å². The molecule has 0 aliphatic carbocycles. The van der Waals surface area contributed by atoms with E-state index >= 15 is 0 Å². The maximum atomic E-state index is 11.7.